The van der Waals surface area contributed by atoms with Gasteiger partial charge in [0, 0.05) is 59.1 Å². The zero-order chi connectivity index (χ0) is 24.4. The average molecular weight is 542 g/mol. The Morgan fingerprint density at radius 2 is 2.00 bits per heavy atom. The quantitative estimate of drug-likeness (QED) is 0.164. The maximum Gasteiger partial charge on any atom is 0.129 e. The number of aromatic nitrogens is 1. The molecule has 0 aromatic carbocycles. The fourth-order valence-corrected chi connectivity index (χ4v) is 3.32. The predicted octanol–water partition coefficient (Wildman–Crippen LogP) is 5.45. The first-order valence-electron chi connectivity index (χ1n) is 11.4. The molecule has 0 amide bonds. The second-order valence-corrected chi connectivity index (χ2v) is 7.70. The topological polar surface area (TPSA) is 97.0 Å². The fourth-order valence-electron chi connectivity index (χ4n) is 3.32. The second kappa shape index (κ2) is 21.4. The van der Waals surface area contributed by atoms with E-state index in [1.54, 1.807) is 7.11 Å². The Balaban J connectivity index is 0. The zero-order valence-electron chi connectivity index (χ0n) is 20.9. The molecule has 9 heteroatoms. The molecule has 1 radical (unpaired) electrons. The van der Waals surface area contributed by atoms with Gasteiger partial charge in [-0.2, -0.15) is 12.0 Å². The number of pyridine rings is 1. The van der Waals surface area contributed by atoms with Gasteiger partial charge in [-0.1, -0.05) is 32.8 Å². The van der Waals surface area contributed by atoms with Crippen molar-refractivity contribution >= 4 is 5.82 Å². The number of unbranched alkanes of at least 4 members (excludes halogenated alkanes) is 1. The van der Waals surface area contributed by atoms with E-state index in [2.05, 4.69) is 29.3 Å². The number of rotatable bonds is 16. The minimum Gasteiger partial charge on any atom is -0.577 e. The molecule has 1 aromatic rings. The number of alkyl halides is 1. The van der Waals surface area contributed by atoms with Crippen LogP contribution in [-0.4, -0.2) is 61.6 Å². The van der Waals surface area contributed by atoms with Gasteiger partial charge in [0.25, 0.3) is 0 Å². The van der Waals surface area contributed by atoms with Crippen molar-refractivity contribution in [2.24, 2.45) is 0 Å². The molecule has 1 heterocycles. The average Bonchev–Trinajstić information content (AvgIpc) is 2.84. The normalized spacial score (nSPS) is 12.2. The first kappa shape index (κ1) is 34.1. The molecule has 0 saturated carbocycles. The summed E-state index contributed by atoms with van der Waals surface area (Å²) in [6, 6.07) is 4.26. The van der Waals surface area contributed by atoms with Crippen LogP contribution in [0.1, 0.15) is 57.7 Å². The van der Waals surface area contributed by atoms with Crippen LogP contribution in [0.2, 0.25) is 0 Å². The molecule has 1 unspecified atom stereocenters. The number of ether oxygens (including phenoxy) is 1. The van der Waals surface area contributed by atoms with Gasteiger partial charge in [-0.05, 0) is 56.2 Å². The van der Waals surface area contributed by atoms with Crippen LogP contribution >= 0.6 is 0 Å². The van der Waals surface area contributed by atoms with Gasteiger partial charge in [0.15, 0.2) is 0 Å². The van der Waals surface area contributed by atoms with Crippen LogP contribution in [0.3, 0.4) is 0 Å². The summed E-state index contributed by atoms with van der Waals surface area (Å²) in [4.78, 5) is 14.2. The number of hydrogen-bond donors (Lipinski definition) is 2. The molecule has 0 spiro atoms. The summed E-state index contributed by atoms with van der Waals surface area (Å²) >= 11 is 0. The molecular weight excluding hydrogens is 500 g/mol. The van der Waals surface area contributed by atoms with Crippen molar-refractivity contribution in [2.75, 3.05) is 45.8 Å². The van der Waals surface area contributed by atoms with Crippen LogP contribution in [0.4, 0.5) is 10.2 Å². The largest absolute Gasteiger partial charge is 0.577 e. The number of hydrogen-bond acceptors (Lipinski definition) is 6. The summed E-state index contributed by atoms with van der Waals surface area (Å²) in [7, 11) is 3.46. The maximum absolute atomic E-state index is 13.1. The summed E-state index contributed by atoms with van der Waals surface area (Å²) in [6.45, 7) is 7.82. The molecule has 0 aliphatic carbocycles. The molecule has 0 bridgehead atoms. The summed E-state index contributed by atoms with van der Waals surface area (Å²) < 4.78 is 18.4. The van der Waals surface area contributed by atoms with Crippen molar-refractivity contribution in [3.63, 3.8) is 0 Å². The Hall–Kier alpha value is -1.09. The van der Waals surface area contributed by atoms with Crippen molar-refractivity contribution in [1.29, 1.82) is 0 Å². The standard InChI is InChI=1S/C24H41FN3O2.NO.Y/c1-6-19(3)23(29)12-10-16-28(18-22(17-25)30-5)15-9-8-11-21-14-13-20(7-2)24(26-4)27-21;1-2;/h12-14,22,29H,6-11,15-18H2,1-5H3,(H,26,27);;/q2*-1;/b23-19+;;. The summed E-state index contributed by atoms with van der Waals surface area (Å²) in [5.41, 5.74) is 9.07. The van der Waals surface area contributed by atoms with Gasteiger partial charge in [0.1, 0.15) is 12.5 Å². The fraction of sp³-hybridized carbons (Fsp3) is 0.667. The van der Waals surface area contributed by atoms with E-state index in [-0.39, 0.29) is 32.7 Å². The van der Waals surface area contributed by atoms with E-state index in [1.807, 2.05) is 27.3 Å². The minimum absolute atomic E-state index is 0. The number of aliphatic hydroxyl groups is 1. The van der Waals surface area contributed by atoms with Crippen molar-refractivity contribution in [3.05, 3.63) is 51.6 Å². The summed E-state index contributed by atoms with van der Waals surface area (Å²) in [5, 5.41) is 13.2. The van der Waals surface area contributed by atoms with Crippen LogP contribution in [-0.2, 0) is 50.3 Å². The van der Waals surface area contributed by atoms with Crippen LogP contribution in [0.15, 0.2) is 23.5 Å². The molecule has 1 atom stereocenters. The molecule has 187 valence electrons. The molecular formula is C24H41FN4O3Y-2. The minimum atomic E-state index is -0.489. The number of aliphatic hydroxyl groups excluding tert-OH is 1. The summed E-state index contributed by atoms with van der Waals surface area (Å²) in [5.74, 6) is 1.33. The Morgan fingerprint density at radius 3 is 2.55 bits per heavy atom. The molecule has 1 rings (SSSR count). The maximum atomic E-state index is 13.1. The van der Waals surface area contributed by atoms with Crippen molar-refractivity contribution < 1.29 is 46.9 Å². The number of halogens is 1. The second-order valence-electron chi connectivity index (χ2n) is 7.70. The number of nitrogens with one attached hydrogen (secondary N) is 1. The molecule has 2 N–H and O–H groups in total. The van der Waals surface area contributed by atoms with Crippen LogP contribution in [0.5, 0.6) is 0 Å². The molecule has 0 aliphatic rings. The van der Waals surface area contributed by atoms with Gasteiger partial charge < -0.3 is 30.6 Å². The Bertz CT molecular complexity index is 661. The third-order valence-electron chi connectivity index (χ3n) is 5.53. The first-order valence-corrected chi connectivity index (χ1v) is 11.4. The van der Waals surface area contributed by atoms with Gasteiger partial charge in [-0.3, -0.25) is 0 Å². The SMILES string of the molecule is CC/C(C)=C(/O)[CH-]CCN(CCCCc1ccc(CC)c(NC)n1)CC(CF)OC.[N-]=O.[Y]. The smallest absolute Gasteiger partial charge is 0.129 e. The van der Waals surface area contributed by atoms with E-state index in [4.69, 9.17) is 20.2 Å². The van der Waals surface area contributed by atoms with Crippen LogP contribution in [0, 0.1) is 11.3 Å². The molecule has 0 aliphatic heterocycles. The number of methoxy groups -OCH3 is 1. The number of aryl methyl sites for hydroxylation is 2. The third-order valence-corrected chi connectivity index (χ3v) is 5.53. The van der Waals surface area contributed by atoms with E-state index in [0.29, 0.717) is 12.3 Å². The van der Waals surface area contributed by atoms with E-state index in [0.717, 1.165) is 68.7 Å². The molecule has 0 saturated heterocycles. The van der Waals surface area contributed by atoms with E-state index >= 15 is 0 Å². The Morgan fingerprint density at radius 1 is 1.30 bits per heavy atom. The Kier molecular flexibility index (Phi) is 22.2. The van der Waals surface area contributed by atoms with Crippen LogP contribution in [0.25, 0.3) is 5.59 Å². The van der Waals surface area contributed by atoms with Crippen molar-refractivity contribution in [1.82, 2.24) is 9.88 Å². The van der Waals surface area contributed by atoms with E-state index in [9.17, 15) is 9.50 Å². The van der Waals surface area contributed by atoms with Gasteiger partial charge in [0.2, 0.25) is 0 Å². The Labute approximate surface area is 224 Å². The van der Waals surface area contributed by atoms with Gasteiger partial charge in [-0.15, -0.1) is 6.92 Å². The predicted molar refractivity (Wildman–Crippen MR) is 131 cm³/mol. The molecule has 33 heavy (non-hydrogen) atoms. The van der Waals surface area contributed by atoms with Crippen molar-refractivity contribution in [2.45, 2.75) is 65.4 Å². The first-order chi connectivity index (χ1) is 15.5. The molecule has 0 fully saturated rings. The molecule has 1 aromatic heterocycles. The number of nitrogens with zero attached hydrogens (tertiary/aromatic N) is 3. The van der Waals surface area contributed by atoms with E-state index < -0.39 is 12.8 Å². The monoisotopic (exact) mass is 541 g/mol. The third kappa shape index (κ3) is 14.0. The number of allylic oxidation sites excluding steroid dienone is 2. The summed E-state index contributed by atoms with van der Waals surface area (Å²) in [6.07, 6.45) is 6.94. The molecule has 7 nitrogen and oxygen atoms in total. The number of anilines is 1. The van der Waals surface area contributed by atoms with Crippen LogP contribution < -0.4 is 5.32 Å². The van der Waals surface area contributed by atoms with Gasteiger partial charge in [0.05, 0.1) is 6.10 Å². The van der Waals surface area contributed by atoms with Crippen molar-refractivity contribution in [3.8, 4) is 0 Å². The van der Waals surface area contributed by atoms with E-state index in [1.165, 1.54) is 5.56 Å². The number of nitroso groups, excluding NO2 is 1. The van der Waals surface area contributed by atoms with Gasteiger partial charge >= 0.3 is 0 Å². The zero-order valence-corrected chi connectivity index (χ0v) is 23.8. The van der Waals surface area contributed by atoms with Gasteiger partial charge in [-0.25, -0.2) is 9.37 Å².